The molecule has 38 heavy (non-hydrogen) atoms. The highest BCUT2D eigenvalue weighted by Gasteiger charge is 2.21. The molecule has 1 N–H and O–H groups in total. The topological polar surface area (TPSA) is 101 Å². The smallest absolute Gasteiger partial charge is 0.253 e. The third kappa shape index (κ3) is 4.57. The summed E-state index contributed by atoms with van der Waals surface area (Å²) >= 11 is 6.63. The number of amides is 1. The quantitative estimate of drug-likeness (QED) is 0.373. The van der Waals surface area contributed by atoms with Crippen LogP contribution in [0.5, 0.6) is 0 Å². The van der Waals surface area contributed by atoms with E-state index < -0.39 is 0 Å². The summed E-state index contributed by atoms with van der Waals surface area (Å²) in [5, 5.41) is 9.51. The first-order valence-corrected chi connectivity index (χ1v) is 12.9. The minimum atomic E-state index is 0.0750. The van der Waals surface area contributed by atoms with Crippen molar-refractivity contribution in [1.82, 2.24) is 44.3 Å². The Labute approximate surface area is 224 Å². The number of imidazole rings is 1. The van der Waals surface area contributed by atoms with Crippen LogP contribution in [0.2, 0.25) is 5.02 Å². The van der Waals surface area contributed by atoms with E-state index in [9.17, 15) is 4.79 Å². The summed E-state index contributed by atoms with van der Waals surface area (Å²) in [5.41, 5.74) is 6.46. The fraction of sp³-hybridized carbons (Fsp3) is 0.296. The predicted molar refractivity (Wildman–Crippen MR) is 146 cm³/mol. The number of nitrogens with one attached hydrogen (secondary N) is 1. The van der Waals surface area contributed by atoms with Gasteiger partial charge in [0.1, 0.15) is 5.82 Å². The Bertz CT molecular complexity index is 1640. The molecule has 6 rings (SSSR count). The molecular formula is C27H28ClN9O. The Hall–Kier alpha value is -4.02. The number of nitrogens with zero attached hydrogens (tertiary/aromatic N) is 8. The number of pyridine rings is 1. The van der Waals surface area contributed by atoms with Crippen LogP contribution < -0.4 is 0 Å². The van der Waals surface area contributed by atoms with Gasteiger partial charge in [-0.25, -0.2) is 9.97 Å². The number of fused-ring (bicyclic) bond motifs is 1. The van der Waals surface area contributed by atoms with Crippen molar-refractivity contribution in [3.05, 3.63) is 70.9 Å². The van der Waals surface area contributed by atoms with Crippen molar-refractivity contribution in [3.8, 4) is 22.5 Å². The van der Waals surface area contributed by atoms with Gasteiger partial charge in [0.15, 0.2) is 5.65 Å². The Morgan fingerprint density at radius 2 is 1.92 bits per heavy atom. The van der Waals surface area contributed by atoms with E-state index in [1.807, 2.05) is 60.2 Å². The number of likely N-dealkylation sites (N-methyl/N-ethyl adjacent to an activating group) is 1. The molecule has 1 amide bonds. The van der Waals surface area contributed by atoms with Crippen molar-refractivity contribution < 1.29 is 4.79 Å². The number of H-pyrrole nitrogens is 1. The highest BCUT2D eigenvalue weighted by Crippen LogP contribution is 2.34. The monoisotopic (exact) mass is 529 g/mol. The predicted octanol–water partition coefficient (Wildman–Crippen LogP) is 3.62. The second kappa shape index (κ2) is 9.70. The number of aryl methyl sites for hydroxylation is 2. The van der Waals surface area contributed by atoms with Crippen molar-refractivity contribution in [2.75, 3.05) is 33.2 Å². The van der Waals surface area contributed by atoms with Crippen molar-refractivity contribution in [3.63, 3.8) is 0 Å². The van der Waals surface area contributed by atoms with Gasteiger partial charge in [-0.1, -0.05) is 23.7 Å². The first-order valence-electron chi connectivity index (χ1n) is 12.5. The molecule has 4 aromatic heterocycles. The molecule has 11 heteroatoms. The van der Waals surface area contributed by atoms with Crippen molar-refractivity contribution in [1.29, 1.82) is 0 Å². The molecule has 0 radical (unpaired) electrons. The van der Waals surface area contributed by atoms with E-state index in [0.717, 1.165) is 59.6 Å². The van der Waals surface area contributed by atoms with Gasteiger partial charge in [-0.15, -0.1) is 0 Å². The summed E-state index contributed by atoms with van der Waals surface area (Å²) in [6.07, 6.45) is 7.28. The number of rotatable bonds is 5. The molecule has 5 aromatic rings. The minimum absolute atomic E-state index is 0.0750. The maximum atomic E-state index is 13.0. The summed E-state index contributed by atoms with van der Waals surface area (Å²) in [5.74, 6) is 0.766. The molecule has 0 spiro atoms. The second-order valence-electron chi connectivity index (χ2n) is 9.79. The molecule has 5 heterocycles. The lowest BCUT2D eigenvalue weighted by Crippen LogP contribution is -2.47. The normalized spacial score (nSPS) is 14.5. The third-order valence-corrected chi connectivity index (χ3v) is 7.26. The van der Waals surface area contributed by atoms with Crippen LogP contribution in [-0.2, 0) is 13.6 Å². The van der Waals surface area contributed by atoms with Crippen LogP contribution in [0.15, 0.2) is 49.1 Å². The minimum Gasteiger partial charge on any atom is -0.336 e. The van der Waals surface area contributed by atoms with Gasteiger partial charge in [0.25, 0.3) is 5.91 Å². The zero-order chi connectivity index (χ0) is 26.4. The third-order valence-electron chi connectivity index (χ3n) is 6.97. The van der Waals surface area contributed by atoms with Gasteiger partial charge in [0, 0.05) is 68.5 Å². The lowest BCUT2D eigenvalue weighted by atomic mass is 10.1. The molecule has 194 valence electrons. The van der Waals surface area contributed by atoms with Crippen LogP contribution in [0.1, 0.15) is 21.6 Å². The number of carbonyl (C=O) groups excluding carboxylic acids is 1. The summed E-state index contributed by atoms with van der Waals surface area (Å²) in [7, 11) is 3.96. The van der Waals surface area contributed by atoms with Crippen LogP contribution in [0, 0.1) is 6.92 Å². The number of hydrogen-bond acceptors (Lipinski definition) is 6. The van der Waals surface area contributed by atoms with Gasteiger partial charge in [-0.2, -0.15) is 10.2 Å². The van der Waals surface area contributed by atoms with E-state index in [1.165, 1.54) is 0 Å². The molecule has 0 aliphatic carbocycles. The molecule has 1 aliphatic heterocycles. The van der Waals surface area contributed by atoms with Crippen LogP contribution in [0.25, 0.3) is 33.7 Å². The molecular weight excluding hydrogens is 502 g/mol. The number of aromatic amines is 1. The van der Waals surface area contributed by atoms with E-state index in [1.54, 1.807) is 17.1 Å². The van der Waals surface area contributed by atoms with Gasteiger partial charge in [0.05, 0.1) is 34.5 Å². The van der Waals surface area contributed by atoms with Gasteiger partial charge in [-0.05, 0) is 31.7 Å². The summed E-state index contributed by atoms with van der Waals surface area (Å²) < 4.78 is 3.61. The van der Waals surface area contributed by atoms with Gasteiger partial charge in [-0.3, -0.25) is 14.2 Å². The van der Waals surface area contributed by atoms with Crippen LogP contribution >= 0.6 is 11.6 Å². The van der Waals surface area contributed by atoms with Gasteiger partial charge < -0.3 is 14.8 Å². The standard InChI is InChI=1S/C27H28ClN9O/c1-17-21(16-35(3)33-17)25-31-24-23(22(28)13-29-26(24)32-25)20-12-30-37(15-20)14-18-5-4-6-19(11-18)27(38)36-9-7-34(2)8-10-36/h4-6,11-13,15-16H,7-10,14H2,1-3H3,(H,29,31,32). The molecule has 0 saturated carbocycles. The van der Waals surface area contributed by atoms with E-state index in [-0.39, 0.29) is 5.91 Å². The Morgan fingerprint density at radius 1 is 1.11 bits per heavy atom. The Balaban J connectivity index is 1.26. The van der Waals surface area contributed by atoms with Crippen molar-refractivity contribution in [2.45, 2.75) is 13.5 Å². The first kappa shape index (κ1) is 24.3. The van der Waals surface area contributed by atoms with E-state index >= 15 is 0 Å². The number of piperazine rings is 1. The van der Waals surface area contributed by atoms with Crippen LogP contribution in [-0.4, -0.2) is 83.4 Å². The van der Waals surface area contributed by atoms with Gasteiger partial charge >= 0.3 is 0 Å². The fourth-order valence-corrected chi connectivity index (χ4v) is 5.19. The maximum Gasteiger partial charge on any atom is 0.253 e. The lowest BCUT2D eigenvalue weighted by molar-refractivity contribution is 0.0664. The van der Waals surface area contributed by atoms with Crippen LogP contribution in [0.4, 0.5) is 0 Å². The number of hydrogen-bond donors (Lipinski definition) is 1. The van der Waals surface area contributed by atoms with Crippen LogP contribution in [0.3, 0.4) is 0 Å². The Kier molecular flexibility index (Phi) is 6.21. The number of benzene rings is 1. The number of halogens is 1. The molecule has 0 bridgehead atoms. The fourth-order valence-electron chi connectivity index (χ4n) is 4.94. The van der Waals surface area contributed by atoms with E-state index in [0.29, 0.717) is 28.6 Å². The molecule has 0 unspecified atom stereocenters. The first-order chi connectivity index (χ1) is 18.4. The molecule has 1 saturated heterocycles. The van der Waals surface area contributed by atoms with Gasteiger partial charge in [0.2, 0.25) is 0 Å². The highest BCUT2D eigenvalue weighted by molar-refractivity contribution is 6.34. The van der Waals surface area contributed by atoms with Crippen molar-refractivity contribution in [2.24, 2.45) is 7.05 Å². The molecule has 0 atom stereocenters. The Morgan fingerprint density at radius 3 is 2.68 bits per heavy atom. The van der Waals surface area contributed by atoms with Crippen molar-refractivity contribution >= 4 is 28.7 Å². The molecule has 1 aliphatic rings. The summed E-state index contributed by atoms with van der Waals surface area (Å²) in [4.78, 5) is 29.7. The lowest BCUT2D eigenvalue weighted by Gasteiger charge is -2.32. The number of aromatic nitrogens is 7. The number of carbonyl (C=O) groups is 1. The largest absolute Gasteiger partial charge is 0.336 e. The van der Waals surface area contributed by atoms with E-state index in [4.69, 9.17) is 11.6 Å². The average Bonchev–Trinajstić information content (AvgIpc) is 3.62. The SMILES string of the molecule is Cc1nn(C)cc1-c1nc2ncc(Cl)c(-c3cnn(Cc4cccc(C(=O)N5CCN(C)CC5)c4)c3)c2[nH]1. The second-order valence-corrected chi connectivity index (χ2v) is 10.2. The molecule has 10 nitrogen and oxygen atoms in total. The average molecular weight is 530 g/mol. The zero-order valence-electron chi connectivity index (χ0n) is 21.5. The molecule has 1 fully saturated rings. The maximum absolute atomic E-state index is 13.0. The highest BCUT2D eigenvalue weighted by atomic mass is 35.5. The van der Waals surface area contributed by atoms with E-state index in [2.05, 4.69) is 37.1 Å². The zero-order valence-corrected chi connectivity index (χ0v) is 22.3. The summed E-state index contributed by atoms with van der Waals surface area (Å²) in [6.45, 7) is 5.76. The summed E-state index contributed by atoms with van der Waals surface area (Å²) in [6, 6.07) is 7.78. The molecule has 1 aromatic carbocycles.